The van der Waals surface area contributed by atoms with Gasteiger partial charge in [0.05, 0.1) is 12.4 Å². The Labute approximate surface area is 180 Å². The van der Waals surface area contributed by atoms with Gasteiger partial charge in [-0.2, -0.15) is 0 Å². The number of aryl methyl sites for hydroxylation is 2. The summed E-state index contributed by atoms with van der Waals surface area (Å²) in [6.45, 7) is 8.58. The number of nitrogens with two attached hydrogens (primary N) is 1. The minimum atomic E-state index is -0.682. The number of hydrogen-bond acceptors (Lipinski definition) is 6. The van der Waals surface area contributed by atoms with Crippen molar-refractivity contribution in [1.82, 2.24) is 9.55 Å². The maximum atomic E-state index is 13.1. The number of amides is 1. The second-order valence-electron chi connectivity index (χ2n) is 7.59. The van der Waals surface area contributed by atoms with Crippen LogP contribution in [0.2, 0.25) is 0 Å². The number of benzene rings is 1. The van der Waals surface area contributed by atoms with E-state index in [2.05, 4.69) is 11.1 Å². The predicted octanol–water partition coefficient (Wildman–Crippen LogP) is 2.16. The van der Waals surface area contributed by atoms with Crippen molar-refractivity contribution in [2.45, 2.75) is 39.1 Å². The molecule has 0 aliphatic rings. The first-order valence-electron chi connectivity index (χ1n) is 9.77. The molecule has 1 heterocycles. The van der Waals surface area contributed by atoms with E-state index in [0.717, 1.165) is 16.0 Å². The summed E-state index contributed by atoms with van der Waals surface area (Å²) in [5.74, 6) is -0.0511. The molecule has 0 fully saturated rings. The molecule has 0 aliphatic carbocycles. The Morgan fingerprint density at radius 2 is 2.00 bits per heavy atom. The standard InChI is InChI=1S/C21H30N4O4S/c1-13(2)11-25-19(22)18(20(27)23-21(25)28)24(8-9-29-5)17(26)12-30-16-7-6-14(3)10-15(16)4/h6-7,10,13H,8-9,11-12,22H2,1-5H3,(H,23,27,28). The highest BCUT2D eigenvalue weighted by molar-refractivity contribution is 8.00. The summed E-state index contributed by atoms with van der Waals surface area (Å²) in [5, 5.41) is 0. The fourth-order valence-corrected chi connectivity index (χ4v) is 3.99. The zero-order valence-corrected chi connectivity index (χ0v) is 19.0. The van der Waals surface area contributed by atoms with Crippen LogP contribution in [0.4, 0.5) is 11.5 Å². The maximum absolute atomic E-state index is 13.1. The van der Waals surface area contributed by atoms with Gasteiger partial charge in [-0.05, 0) is 31.4 Å². The van der Waals surface area contributed by atoms with Gasteiger partial charge in [0.25, 0.3) is 5.56 Å². The predicted molar refractivity (Wildman–Crippen MR) is 121 cm³/mol. The molecule has 3 N–H and O–H groups in total. The molecule has 8 nitrogen and oxygen atoms in total. The number of H-pyrrole nitrogens is 1. The third-order valence-electron chi connectivity index (χ3n) is 4.53. The molecule has 1 aromatic carbocycles. The summed E-state index contributed by atoms with van der Waals surface area (Å²) in [6, 6.07) is 6.03. The first-order valence-corrected chi connectivity index (χ1v) is 10.8. The average molecular weight is 435 g/mol. The lowest BCUT2D eigenvalue weighted by molar-refractivity contribution is -0.116. The van der Waals surface area contributed by atoms with Crippen LogP contribution in [0.15, 0.2) is 32.7 Å². The number of methoxy groups -OCH3 is 1. The molecule has 30 heavy (non-hydrogen) atoms. The SMILES string of the molecule is COCCN(C(=O)CSc1ccc(C)cc1C)c1c(N)n(CC(C)C)c(=O)[nH]c1=O. The van der Waals surface area contributed by atoms with E-state index in [4.69, 9.17) is 10.5 Å². The molecule has 1 amide bonds. The van der Waals surface area contributed by atoms with Crippen molar-refractivity contribution in [3.05, 3.63) is 50.2 Å². The Bertz CT molecular complexity index is 1010. The van der Waals surface area contributed by atoms with Gasteiger partial charge in [-0.3, -0.25) is 19.1 Å². The highest BCUT2D eigenvalue weighted by Gasteiger charge is 2.24. The zero-order valence-electron chi connectivity index (χ0n) is 18.2. The van der Waals surface area contributed by atoms with Crippen molar-refractivity contribution in [2.24, 2.45) is 5.92 Å². The summed E-state index contributed by atoms with van der Waals surface area (Å²) in [4.78, 5) is 42.5. The molecule has 164 valence electrons. The number of aromatic nitrogens is 2. The van der Waals surface area contributed by atoms with E-state index in [-0.39, 0.29) is 42.2 Å². The molecule has 0 spiro atoms. The molecule has 1 aromatic heterocycles. The number of anilines is 2. The summed E-state index contributed by atoms with van der Waals surface area (Å²) in [6.07, 6.45) is 0. The smallest absolute Gasteiger partial charge is 0.330 e. The van der Waals surface area contributed by atoms with E-state index < -0.39 is 11.2 Å². The number of nitrogens with zero attached hydrogens (tertiary/aromatic N) is 2. The van der Waals surface area contributed by atoms with E-state index >= 15 is 0 Å². The Morgan fingerprint density at radius 1 is 1.30 bits per heavy atom. The number of carbonyl (C=O) groups is 1. The fraction of sp³-hybridized carbons (Fsp3) is 0.476. The molecule has 0 atom stereocenters. The summed E-state index contributed by atoms with van der Waals surface area (Å²) in [7, 11) is 1.51. The van der Waals surface area contributed by atoms with Crippen LogP contribution in [-0.4, -0.2) is 41.5 Å². The van der Waals surface area contributed by atoms with E-state index in [9.17, 15) is 14.4 Å². The number of ether oxygens (including phenoxy) is 1. The Morgan fingerprint density at radius 3 is 2.60 bits per heavy atom. The van der Waals surface area contributed by atoms with Crippen LogP contribution in [0.25, 0.3) is 0 Å². The zero-order chi connectivity index (χ0) is 22.4. The van der Waals surface area contributed by atoms with Crippen LogP contribution in [-0.2, 0) is 16.1 Å². The minimum absolute atomic E-state index is 0.0153. The van der Waals surface area contributed by atoms with Crippen molar-refractivity contribution in [1.29, 1.82) is 0 Å². The second-order valence-corrected chi connectivity index (χ2v) is 8.61. The number of nitrogens with one attached hydrogen (secondary N) is 1. The van der Waals surface area contributed by atoms with Crippen molar-refractivity contribution in [3.63, 3.8) is 0 Å². The first-order chi connectivity index (χ1) is 14.1. The normalized spacial score (nSPS) is 11.1. The van der Waals surface area contributed by atoms with Gasteiger partial charge in [0.2, 0.25) is 5.91 Å². The van der Waals surface area contributed by atoms with Gasteiger partial charge in [-0.1, -0.05) is 31.5 Å². The van der Waals surface area contributed by atoms with Crippen LogP contribution >= 0.6 is 11.8 Å². The van der Waals surface area contributed by atoms with Gasteiger partial charge in [-0.15, -0.1) is 11.8 Å². The number of aromatic amines is 1. The number of rotatable bonds is 9. The van der Waals surface area contributed by atoms with Gasteiger partial charge < -0.3 is 15.4 Å². The highest BCUT2D eigenvalue weighted by atomic mass is 32.2. The van der Waals surface area contributed by atoms with Crippen LogP contribution < -0.4 is 21.9 Å². The fourth-order valence-electron chi connectivity index (χ4n) is 3.11. The number of nitrogen functional groups attached to an aromatic ring is 1. The molecule has 0 saturated carbocycles. The molecule has 0 saturated heterocycles. The first kappa shape index (κ1) is 23.8. The number of carbonyl (C=O) groups excluding carboxylic acids is 1. The highest BCUT2D eigenvalue weighted by Crippen LogP contribution is 2.25. The van der Waals surface area contributed by atoms with Gasteiger partial charge in [0.1, 0.15) is 5.82 Å². The molecule has 0 radical (unpaired) electrons. The van der Waals surface area contributed by atoms with Gasteiger partial charge >= 0.3 is 5.69 Å². The number of thioether (sulfide) groups is 1. The van der Waals surface area contributed by atoms with Gasteiger partial charge in [-0.25, -0.2) is 4.79 Å². The van der Waals surface area contributed by atoms with E-state index in [1.807, 2.05) is 39.8 Å². The van der Waals surface area contributed by atoms with Gasteiger partial charge in [0, 0.05) is 25.1 Å². The van der Waals surface area contributed by atoms with Gasteiger partial charge in [0.15, 0.2) is 5.69 Å². The van der Waals surface area contributed by atoms with Crippen molar-refractivity contribution < 1.29 is 9.53 Å². The minimum Gasteiger partial charge on any atom is -0.383 e. The molecule has 0 unspecified atom stereocenters. The number of hydrogen-bond donors (Lipinski definition) is 2. The monoisotopic (exact) mass is 434 g/mol. The van der Waals surface area contributed by atoms with E-state index in [1.54, 1.807) is 0 Å². The Balaban J connectivity index is 2.38. The lowest BCUT2D eigenvalue weighted by atomic mass is 10.2. The van der Waals surface area contributed by atoms with Crippen LogP contribution in [0.5, 0.6) is 0 Å². The molecule has 0 bridgehead atoms. The molecule has 0 aliphatic heterocycles. The van der Waals surface area contributed by atoms with E-state index in [1.165, 1.54) is 28.3 Å². The second kappa shape index (κ2) is 10.5. The van der Waals surface area contributed by atoms with Crippen molar-refractivity contribution >= 4 is 29.2 Å². The van der Waals surface area contributed by atoms with Crippen LogP contribution in [0.3, 0.4) is 0 Å². The third kappa shape index (κ3) is 5.76. The molecule has 2 rings (SSSR count). The lowest BCUT2D eigenvalue weighted by Gasteiger charge is -2.24. The molecular weight excluding hydrogens is 404 g/mol. The summed E-state index contributed by atoms with van der Waals surface area (Å²) < 4.78 is 6.41. The largest absolute Gasteiger partial charge is 0.383 e. The average Bonchev–Trinajstić information content (AvgIpc) is 2.66. The Kier molecular flexibility index (Phi) is 8.31. The molecule has 9 heteroatoms. The quantitative estimate of drug-likeness (QED) is 0.585. The van der Waals surface area contributed by atoms with Crippen molar-refractivity contribution in [3.8, 4) is 0 Å². The van der Waals surface area contributed by atoms with Crippen molar-refractivity contribution in [2.75, 3.05) is 36.6 Å². The third-order valence-corrected chi connectivity index (χ3v) is 5.69. The lowest BCUT2D eigenvalue weighted by Crippen LogP contribution is -2.43. The summed E-state index contributed by atoms with van der Waals surface area (Å²) >= 11 is 1.40. The topological polar surface area (TPSA) is 110 Å². The molecular formula is C21H30N4O4S. The molecule has 2 aromatic rings. The van der Waals surface area contributed by atoms with Crippen LogP contribution in [0.1, 0.15) is 25.0 Å². The maximum Gasteiger partial charge on any atom is 0.330 e. The Hall–Kier alpha value is -2.52. The van der Waals surface area contributed by atoms with Crippen LogP contribution in [0, 0.1) is 19.8 Å². The van der Waals surface area contributed by atoms with E-state index in [0.29, 0.717) is 6.54 Å². The summed E-state index contributed by atoms with van der Waals surface area (Å²) in [5.41, 5.74) is 7.14.